The predicted octanol–water partition coefficient (Wildman–Crippen LogP) is 3.06. The molecule has 0 aliphatic carbocycles. The van der Waals surface area contributed by atoms with E-state index in [1.807, 2.05) is 18.2 Å². The normalized spacial score (nSPS) is 22.3. The third kappa shape index (κ3) is 2.52. The van der Waals surface area contributed by atoms with Crippen LogP contribution in [0.15, 0.2) is 33.3 Å². The van der Waals surface area contributed by atoms with Crippen LogP contribution in [0.1, 0.15) is 37.0 Å². The van der Waals surface area contributed by atoms with E-state index in [0.717, 1.165) is 42.1 Å². The largest absolute Gasteiger partial charge is 0.339 e. The standard InChI is InChI=1S/C15H18BrN3O/c1-2-15(7-8-17-10-15)14-18-13(19-20-14)9-11-5-3-4-6-12(11)16/h3-6,17H,2,7-10H2,1H3. The molecule has 106 valence electrons. The number of nitrogens with one attached hydrogen (secondary N) is 1. The summed E-state index contributed by atoms with van der Waals surface area (Å²) in [5.74, 6) is 1.54. The molecular weight excluding hydrogens is 318 g/mol. The van der Waals surface area contributed by atoms with Gasteiger partial charge in [0.2, 0.25) is 5.89 Å². The van der Waals surface area contributed by atoms with Crippen molar-refractivity contribution in [1.29, 1.82) is 0 Å². The van der Waals surface area contributed by atoms with Gasteiger partial charge in [0.1, 0.15) is 0 Å². The molecule has 2 aromatic rings. The lowest BCUT2D eigenvalue weighted by Gasteiger charge is -2.20. The zero-order valence-corrected chi connectivity index (χ0v) is 13.1. The van der Waals surface area contributed by atoms with Crippen molar-refractivity contribution in [1.82, 2.24) is 15.5 Å². The molecule has 2 heterocycles. The number of aromatic nitrogens is 2. The number of rotatable bonds is 4. The Morgan fingerprint density at radius 2 is 2.25 bits per heavy atom. The minimum atomic E-state index is 0.0270. The summed E-state index contributed by atoms with van der Waals surface area (Å²) in [7, 11) is 0. The van der Waals surface area contributed by atoms with Crippen LogP contribution >= 0.6 is 15.9 Å². The molecule has 1 aromatic carbocycles. The van der Waals surface area contributed by atoms with Crippen LogP contribution in [0.3, 0.4) is 0 Å². The van der Waals surface area contributed by atoms with E-state index >= 15 is 0 Å². The van der Waals surface area contributed by atoms with Gasteiger partial charge < -0.3 is 9.84 Å². The topological polar surface area (TPSA) is 51.0 Å². The van der Waals surface area contributed by atoms with Crippen LogP contribution in [0.25, 0.3) is 0 Å². The van der Waals surface area contributed by atoms with Crippen LogP contribution in [0, 0.1) is 0 Å². The molecule has 1 atom stereocenters. The summed E-state index contributed by atoms with van der Waals surface area (Å²) in [6.45, 7) is 4.14. The van der Waals surface area contributed by atoms with E-state index in [0.29, 0.717) is 6.42 Å². The zero-order chi connectivity index (χ0) is 14.0. The number of benzene rings is 1. The Bertz CT molecular complexity index is 590. The van der Waals surface area contributed by atoms with Gasteiger partial charge in [0.25, 0.3) is 0 Å². The molecule has 5 heteroatoms. The fourth-order valence-corrected chi connectivity index (χ4v) is 3.16. The Morgan fingerprint density at radius 1 is 1.40 bits per heavy atom. The van der Waals surface area contributed by atoms with Gasteiger partial charge in [-0.05, 0) is 31.0 Å². The van der Waals surface area contributed by atoms with Gasteiger partial charge in [0, 0.05) is 17.4 Å². The lowest BCUT2D eigenvalue weighted by Crippen LogP contribution is -2.28. The Morgan fingerprint density at radius 3 is 2.95 bits per heavy atom. The van der Waals surface area contributed by atoms with Crippen LogP contribution in [-0.2, 0) is 11.8 Å². The first-order valence-corrected chi connectivity index (χ1v) is 7.80. The van der Waals surface area contributed by atoms with Gasteiger partial charge in [0.15, 0.2) is 5.82 Å². The first kappa shape index (κ1) is 13.8. The Balaban J connectivity index is 1.82. The van der Waals surface area contributed by atoms with Crippen molar-refractivity contribution < 1.29 is 4.52 Å². The number of nitrogens with zero attached hydrogens (tertiary/aromatic N) is 2. The first-order chi connectivity index (χ1) is 9.73. The summed E-state index contributed by atoms with van der Waals surface area (Å²) in [5, 5.41) is 7.55. The molecular formula is C15H18BrN3O. The molecule has 0 saturated carbocycles. The highest BCUT2D eigenvalue weighted by Gasteiger charge is 2.39. The summed E-state index contributed by atoms with van der Waals surface area (Å²) in [5.41, 5.74) is 1.20. The molecule has 1 N–H and O–H groups in total. The number of hydrogen-bond acceptors (Lipinski definition) is 4. The molecule has 20 heavy (non-hydrogen) atoms. The fourth-order valence-electron chi connectivity index (χ4n) is 2.73. The Hall–Kier alpha value is -1.20. The molecule has 1 unspecified atom stereocenters. The smallest absolute Gasteiger partial charge is 0.234 e. The third-order valence-electron chi connectivity index (χ3n) is 4.15. The van der Waals surface area contributed by atoms with E-state index < -0.39 is 0 Å². The van der Waals surface area contributed by atoms with Gasteiger partial charge in [-0.2, -0.15) is 4.98 Å². The Kier molecular flexibility index (Phi) is 3.89. The molecule has 1 fully saturated rings. The lowest BCUT2D eigenvalue weighted by atomic mass is 9.84. The van der Waals surface area contributed by atoms with E-state index in [9.17, 15) is 0 Å². The Labute approximate surface area is 127 Å². The first-order valence-electron chi connectivity index (χ1n) is 7.01. The van der Waals surface area contributed by atoms with E-state index in [1.165, 1.54) is 5.56 Å². The second kappa shape index (κ2) is 5.66. The lowest BCUT2D eigenvalue weighted by molar-refractivity contribution is 0.283. The predicted molar refractivity (Wildman–Crippen MR) is 80.7 cm³/mol. The highest BCUT2D eigenvalue weighted by Crippen LogP contribution is 2.33. The van der Waals surface area contributed by atoms with Crippen LogP contribution in [0.5, 0.6) is 0 Å². The van der Waals surface area contributed by atoms with Crippen molar-refractivity contribution in [2.24, 2.45) is 0 Å². The van der Waals surface area contributed by atoms with Crippen molar-refractivity contribution in [2.45, 2.75) is 31.6 Å². The maximum Gasteiger partial charge on any atom is 0.234 e. The van der Waals surface area contributed by atoms with Crippen LogP contribution in [0.2, 0.25) is 0 Å². The zero-order valence-electron chi connectivity index (χ0n) is 11.5. The molecule has 0 amide bonds. The maximum absolute atomic E-state index is 5.54. The second-order valence-electron chi connectivity index (χ2n) is 5.34. The van der Waals surface area contributed by atoms with E-state index in [1.54, 1.807) is 0 Å². The van der Waals surface area contributed by atoms with Gasteiger partial charge in [0.05, 0.1) is 5.41 Å². The molecule has 1 aliphatic heterocycles. The highest BCUT2D eigenvalue weighted by molar-refractivity contribution is 9.10. The monoisotopic (exact) mass is 335 g/mol. The molecule has 0 spiro atoms. The van der Waals surface area contributed by atoms with Crippen LogP contribution in [0.4, 0.5) is 0 Å². The number of hydrogen-bond donors (Lipinski definition) is 1. The van der Waals surface area contributed by atoms with Crippen molar-refractivity contribution >= 4 is 15.9 Å². The average molecular weight is 336 g/mol. The van der Waals surface area contributed by atoms with Gasteiger partial charge in [-0.1, -0.05) is 46.2 Å². The summed E-state index contributed by atoms with van der Waals surface area (Å²) < 4.78 is 6.62. The summed E-state index contributed by atoms with van der Waals surface area (Å²) >= 11 is 3.55. The summed E-state index contributed by atoms with van der Waals surface area (Å²) in [6.07, 6.45) is 2.79. The quantitative estimate of drug-likeness (QED) is 0.932. The van der Waals surface area contributed by atoms with Gasteiger partial charge in [-0.3, -0.25) is 0 Å². The van der Waals surface area contributed by atoms with Gasteiger partial charge in [-0.25, -0.2) is 0 Å². The van der Waals surface area contributed by atoms with E-state index in [4.69, 9.17) is 4.52 Å². The molecule has 1 saturated heterocycles. The van der Waals surface area contributed by atoms with Crippen LogP contribution in [-0.4, -0.2) is 23.2 Å². The van der Waals surface area contributed by atoms with Crippen molar-refractivity contribution in [3.05, 3.63) is 46.0 Å². The third-order valence-corrected chi connectivity index (χ3v) is 4.92. The molecule has 3 rings (SSSR count). The van der Waals surface area contributed by atoms with Gasteiger partial charge >= 0.3 is 0 Å². The van der Waals surface area contributed by atoms with Crippen molar-refractivity contribution in [3.8, 4) is 0 Å². The van der Waals surface area contributed by atoms with Crippen molar-refractivity contribution in [3.63, 3.8) is 0 Å². The minimum absolute atomic E-state index is 0.0270. The molecule has 1 aliphatic rings. The summed E-state index contributed by atoms with van der Waals surface area (Å²) in [4.78, 5) is 4.63. The average Bonchev–Trinajstić information content (AvgIpc) is 3.11. The molecule has 1 aromatic heterocycles. The maximum atomic E-state index is 5.54. The molecule has 4 nitrogen and oxygen atoms in total. The number of halogens is 1. The summed E-state index contributed by atoms with van der Waals surface area (Å²) in [6, 6.07) is 8.14. The molecule has 0 bridgehead atoms. The van der Waals surface area contributed by atoms with Gasteiger partial charge in [-0.15, -0.1) is 0 Å². The fraction of sp³-hybridized carbons (Fsp3) is 0.467. The van der Waals surface area contributed by atoms with Crippen molar-refractivity contribution in [2.75, 3.05) is 13.1 Å². The van der Waals surface area contributed by atoms with E-state index in [-0.39, 0.29) is 5.41 Å². The second-order valence-corrected chi connectivity index (χ2v) is 6.20. The SMILES string of the molecule is CCC1(c2nc(Cc3ccccc3Br)no2)CCNC1. The van der Waals surface area contributed by atoms with E-state index in [2.05, 4.69) is 44.4 Å². The highest BCUT2D eigenvalue weighted by atomic mass is 79.9. The molecule has 0 radical (unpaired) electrons. The minimum Gasteiger partial charge on any atom is -0.339 e. The van der Waals surface area contributed by atoms with Crippen LogP contribution < -0.4 is 5.32 Å².